The number of hydrogen-bond acceptors (Lipinski definition) is 4. The maximum atomic E-state index is 12.3. The summed E-state index contributed by atoms with van der Waals surface area (Å²) < 4.78 is 16.6. The van der Waals surface area contributed by atoms with Crippen molar-refractivity contribution in [2.45, 2.75) is 59.2 Å². The molecule has 0 aromatic carbocycles. The molecular weight excluding hydrogens is 232 g/mol. The molecule has 106 valence electrons. The predicted molar refractivity (Wildman–Crippen MR) is 69.2 cm³/mol. The largest absolute Gasteiger partial charge is 0.465 e. The maximum Gasteiger partial charge on any atom is 0.317 e. The van der Waals surface area contributed by atoms with Gasteiger partial charge in [0.1, 0.15) is 5.41 Å². The lowest BCUT2D eigenvalue weighted by molar-refractivity contribution is -0.225. The molecule has 4 nitrogen and oxygen atoms in total. The molecule has 1 saturated carbocycles. The van der Waals surface area contributed by atoms with Gasteiger partial charge in [0.25, 0.3) is 0 Å². The van der Waals surface area contributed by atoms with Crippen LogP contribution >= 0.6 is 0 Å². The Kier molecular flexibility index (Phi) is 6.65. The van der Waals surface area contributed by atoms with Crippen LogP contribution in [0.3, 0.4) is 0 Å². The van der Waals surface area contributed by atoms with E-state index in [0.29, 0.717) is 19.8 Å². The van der Waals surface area contributed by atoms with Gasteiger partial charge in [-0.2, -0.15) is 0 Å². The van der Waals surface area contributed by atoms with E-state index < -0.39 is 11.7 Å². The van der Waals surface area contributed by atoms with Gasteiger partial charge in [-0.1, -0.05) is 19.3 Å². The highest BCUT2D eigenvalue weighted by molar-refractivity contribution is 5.77. The van der Waals surface area contributed by atoms with E-state index in [9.17, 15) is 4.79 Å². The summed E-state index contributed by atoms with van der Waals surface area (Å²) >= 11 is 0. The first-order valence-electron chi connectivity index (χ1n) is 7.11. The Bertz CT molecular complexity index is 240. The summed E-state index contributed by atoms with van der Waals surface area (Å²) in [6.45, 7) is 7.19. The smallest absolute Gasteiger partial charge is 0.317 e. The third-order valence-electron chi connectivity index (χ3n) is 3.52. The number of carbonyl (C=O) groups is 1. The molecule has 0 atom stereocenters. The van der Waals surface area contributed by atoms with Crippen molar-refractivity contribution in [3.05, 3.63) is 0 Å². The average Bonchev–Trinajstić information content (AvgIpc) is 2.39. The Morgan fingerprint density at radius 2 is 1.56 bits per heavy atom. The fraction of sp³-hybridized carbons (Fsp3) is 0.929. The normalized spacial score (nSPS) is 18.9. The summed E-state index contributed by atoms with van der Waals surface area (Å²) in [4.78, 5) is 12.3. The van der Waals surface area contributed by atoms with Gasteiger partial charge in [0.15, 0.2) is 6.29 Å². The Balaban J connectivity index is 2.88. The lowest BCUT2D eigenvalue weighted by Crippen LogP contribution is -2.48. The van der Waals surface area contributed by atoms with Gasteiger partial charge in [-0.3, -0.25) is 4.79 Å². The molecule has 0 bridgehead atoms. The van der Waals surface area contributed by atoms with E-state index in [2.05, 4.69) is 0 Å². The van der Waals surface area contributed by atoms with Crippen molar-refractivity contribution in [1.82, 2.24) is 0 Å². The lowest BCUT2D eigenvalue weighted by Gasteiger charge is -2.40. The minimum Gasteiger partial charge on any atom is -0.465 e. The topological polar surface area (TPSA) is 44.8 Å². The summed E-state index contributed by atoms with van der Waals surface area (Å²) in [6, 6.07) is 0. The molecule has 0 heterocycles. The zero-order valence-electron chi connectivity index (χ0n) is 11.9. The van der Waals surface area contributed by atoms with Gasteiger partial charge in [-0.15, -0.1) is 0 Å². The molecule has 0 amide bonds. The molecule has 0 unspecified atom stereocenters. The Morgan fingerprint density at radius 1 is 1.00 bits per heavy atom. The molecule has 0 N–H and O–H groups in total. The zero-order chi connectivity index (χ0) is 13.4. The second kappa shape index (κ2) is 7.74. The standard InChI is InChI=1S/C14H26O4/c1-4-16-12(15)14(10-8-7-9-11-14)13(17-5-2)18-6-3/h13H,4-11H2,1-3H3. The van der Waals surface area contributed by atoms with Crippen molar-refractivity contribution >= 4 is 5.97 Å². The molecule has 0 radical (unpaired) electrons. The summed E-state index contributed by atoms with van der Waals surface area (Å²) in [5.41, 5.74) is -0.597. The minimum atomic E-state index is -0.597. The molecule has 0 spiro atoms. The van der Waals surface area contributed by atoms with Crippen LogP contribution in [-0.4, -0.2) is 32.1 Å². The second-order valence-electron chi connectivity index (χ2n) is 4.68. The third kappa shape index (κ3) is 3.45. The van der Waals surface area contributed by atoms with Crippen molar-refractivity contribution in [3.63, 3.8) is 0 Å². The molecule has 1 fully saturated rings. The highest BCUT2D eigenvalue weighted by atomic mass is 16.7. The maximum absolute atomic E-state index is 12.3. The molecule has 0 aliphatic heterocycles. The first-order chi connectivity index (χ1) is 8.71. The van der Waals surface area contributed by atoms with Gasteiger partial charge in [0, 0.05) is 13.2 Å². The molecule has 0 aromatic rings. The van der Waals surface area contributed by atoms with Gasteiger partial charge in [0.05, 0.1) is 6.61 Å². The molecule has 1 aliphatic rings. The SMILES string of the molecule is CCOC(=O)C1(C(OCC)OCC)CCCCC1. The summed E-state index contributed by atoms with van der Waals surface area (Å²) in [5, 5.41) is 0. The molecule has 0 aromatic heterocycles. The van der Waals surface area contributed by atoms with Crippen LogP contribution in [0, 0.1) is 5.41 Å². The van der Waals surface area contributed by atoms with E-state index >= 15 is 0 Å². The number of carbonyl (C=O) groups excluding carboxylic acids is 1. The first kappa shape index (κ1) is 15.4. The highest BCUT2D eigenvalue weighted by Crippen LogP contribution is 2.42. The van der Waals surface area contributed by atoms with Gasteiger partial charge < -0.3 is 14.2 Å². The van der Waals surface area contributed by atoms with E-state index in [1.807, 2.05) is 20.8 Å². The van der Waals surface area contributed by atoms with Crippen LogP contribution in [0.2, 0.25) is 0 Å². The molecular formula is C14H26O4. The number of rotatable bonds is 7. The van der Waals surface area contributed by atoms with Crippen LogP contribution in [0.4, 0.5) is 0 Å². The predicted octanol–water partition coefficient (Wildman–Crippen LogP) is 2.90. The quantitative estimate of drug-likeness (QED) is 0.520. The number of ether oxygens (including phenoxy) is 3. The van der Waals surface area contributed by atoms with Gasteiger partial charge >= 0.3 is 5.97 Å². The fourth-order valence-electron chi connectivity index (χ4n) is 2.66. The molecule has 1 aliphatic carbocycles. The highest BCUT2D eigenvalue weighted by Gasteiger charge is 2.49. The first-order valence-corrected chi connectivity index (χ1v) is 7.11. The lowest BCUT2D eigenvalue weighted by atomic mass is 9.73. The van der Waals surface area contributed by atoms with E-state index in [0.717, 1.165) is 25.7 Å². The average molecular weight is 258 g/mol. The zero-order valence-corrected chi connectivity index (χ0v) is 11.9. The van der Waals surface area contributed by atoms with Crippen LogP contribution in [0.15, 0.2) is 0 Å². The Labute approximate surface area is 110 Å². The fourth-order valence-corrected chi connectivity index (χ4v) is 2.66. The molecule has 4 heteroatoms. The van der Waals surface area contributed by atoms with Crippen molar-refractivity contribution in [3.8, 4) is 0 Å². The minimum absolute atomic E-state index is 0.156. The Morgan fingerprint density at radius 3 is 2.00 bits per heavy atom. The van der Waals surface area contributed by atoms with Gasteiger partial charge in [-0.05, 0) is 33.6 Å². The summed E-state index contributed by atoms with van der Waals surface area (Å²) in [6.07, 6.45) is 4.39. The monoisotopic (exact) mass is 258 g/mol. The van der Waals surface area contributed by atoms with Crippen LogP contribution in [0.25, 0.3) is 0 Å². The van der Waals surface area contributed by atoms with Gasteiger partial charge in [0.2, 0.25) is 0 Å². The number of esters is 1. The summed E-state index contributed by atoms with van der Waals surface area (Å²) in [7, 11) is 0. The van der Waals surface area contributed by atoms with E-state index in [1.54, 1.807) is 0 Å². The molecule has 0 saturated heterocycles. The van der Waals surface area contributed by atoms with Crippen molar-refractivity contribution in [2.24, 2.45) is 5.41 Å². The molecule has 1 rings (SSSR count). The van der Waals surface area contributed by atoms with Crippen LogP contribution in [0.1, 0.15) is 52.9 Å². The van der Waals surface area contributed by atoms with Crippen molar-refractivity contribution in [1.29, 1.82) is 0 Å². The Hall–Kier alpha value is -0.610. The van der Waals surface area contributed by atoms with Gasteiger partial charge in [-0.25, -0.2) is 0 Å². The number of hydrogen-bond donors (Lipinski definition) is 0. The van der Waals surface area contributed by atoms with Crippen molar-refractivity contribution < 1.29 is 19.0 Å². The second-order valence-corrected chi connectivity index (χ2v) is 4.68. The van der Waals surface area contributed by atoms with Crippen LogP contribution < -0.4 is 0 Å². The van der Waals surface area contributed by atoms with E-state index in [4.69, 9.17) is 14.2 Å². The van der Waals surface area contributed by atoms with E-state index in [-0.39, 0.29) is 5.97 Å². The molecule has 18 heavy (non-hydrogen) atoms. The van der Waals surface area contributed by atoms with Crippen LogP contribution in [-0.2, 0) is 19.0 Å². The van der Waals surface area contributed by atoms with Crippen LogP contribution in [0.5, 0.6) is 0 Å². The van der Waals surface area contributed by atoms with E-state index in [1.165, 1.54) is 6.42 Å². The summed E-state index contributed by atoms with van der Waals surface area (Å²) in [5.74, 6) is -0.156. The van der Waals surface area contributed by atoms with Crippen molar-refractivity contribution in [2.75, 3.05) is 19.8 Å². The third-order valence-corrected chi connectivity index (χ3v) is 3.52.